The molecular weight excluding hydrogens is 646 g/mol. The summed E-state index contributed by atoms with van der Waals surface area (Å²) in [5, 5.41) is 6.77. The SMILES string of the molecule is [2H]C([2H])([2H])C([2H])([2H])C([2H])([2H])C([2H])([2H])[C@H](NC(=O)[C@@H]1[C@@H]2[C@H](CN1C(=O)[C@@H](NC(=O)NC1(CS(=O)(=O)C(C)(C)C)C([2H])([2H])C([2H])([2H])C([2H])([2H])C([2H])([2H])C1([2H])[2H])C(C([2H])([2H])[2H])(C([2H])([2H])[2H])C([2H])([2H])[2H])C2(C)C)C(=O)C(=O)NC1CC1. The minimum atomic E-state index is -5.24. The molecular formula is C36H61N5O7S. The van der Waals surface area contributed by atoms with Crippen LogP contribution in [-0.2, 0) is 29.0 Å². The zero-order valence-electron chi connectivity index (χ0n) is 55.5. The lowest BCUT2D eigenvalue weighted by Gasteiger charge is -2.41. The molecule has 0 aromatic carbocycles. The number of nitrogens with zero attached hydrogens (tertiary/aromatic N) is 1. The van der Waals surface area contributed by atoms with Crippen molar-refractivity contribution in [3.05, 3.63) is 0 Å². The molecule has 0 unspecified atom stereocenters. The van der Waals surface area contributed by atoms with Crippen molar-refractivity contribution >= 4 is 39.4 Å². The number of urea groups is 1. The minimum Gasteiger partial charge on any atom is -0.347 e. The number of amides is 5. The Labute approximate surface area is 332 Å². The largest absolute Gasteiger partial charge is 0.347 e. The normalized spacial score (nSPS) is 41.2. The summed E-state index contributed by atoms with van der Waals surface area (Å²) in [6, 6.07) is -12.5. The van der Waals surface area contributed by atoms with E-state index in [9.17, 15) is 27.6 Å². The molecule has 4 aliphatic rings. The van der Waals surface area contributed by atoms with Crippen LogP contribution in [-0.4, -0.2) is 89.6 Å². The maximum atomic E-state index is 15.5. The van der Waals surface area contributed by atoms with Crippen molar-refractivity contribution < 1.29 is 70.8 Å². The van der Waals surface area contributed by atoms with Gasteiger partial charge in [-0.3, -0.25) is 19.2 Å². The summed E-state index contributed by atoms with van der Waals surface area (Å²) in [6.45, 7) is -12.9. The summed E-state index contributed by atoms with van der Waals surface area (Å²) in [7, 11) is -5.24. The molecule has 1 heterocycles. The fraction of sp³-hybridized carbons (Fsp3) is 0.861. The maximum Gasteiger partial charge on any atom is 0.315 e. The van der Waals surface area contributed by atoms with Crippen molar-refractivity contribution in [1.29, 1.82) is 0 Å². The third-order valence-electron chi connectivity index (χ3n) is 9.02. The number of fused-ring (bicyclic) bond motifs is 1. The predicted octanol–water partition coefficient (Wildman–Crippen LogP) is 3.62. The highest BCUT2D eigenvalue weighted by Gasteiger charge is 2.70. The molecule has 49 heavy (non-hydrogen) atoms. The first-order chi connectivity index (χ1) is 33.5. The van der Waals surface area contributed by atoms with Crippen LogP contribution in [0.1, 0.15) is 164 Å². The molecule has 13 heteroatoms. The Morgan fingerprint density at radius 2 is 1.67 bits per heavy atom. The number of nitrogens with one attached hydrogen (secondary N) is 4. The summed E-state index contributed by atoms with van der Waals surface area (Å²) in [4.78, 5) is 72.4. The Hall–Kier alpha value is -2.70. The van der Waals surface area contributed by atoms with E-state index in [0.717, 1.165) is 20.8 Å². The molecule has 0 radical (unpaired) electrons. The Kier molecular flexibility index (Phi) is 4.59. The van der Waals surface area contributed by atoms with Gasteiger partial charge in [-0.15, -0.1) is 0 Å². The number of carbonyl (C=O) groups excluding carboxylic acids is 5. The molecule has 1 saturated heterocycles. The van der Waals surface area contributed by atoms with E-state index in [2.05, 4.69) is 5.32 Å². The lowest BCUT2D eigenvalue weighted by molar-refractivity contribution is -0.145. The quantitative estimate of drug-likeness (QED) is 0.209. The van der Waals surface area contributed by atoms with Gasteiger partial charge in [-0.2, -0.15) is 0 Å². The van der Waals surface area contributed by atoms with Crippen LogP contribution in [0.5, 0.6) is 0 Å². The van der Waals surface area contributed by atoms with Gasteiger partial charge in [0.25, 0.3) is 5.91 Å². The van der Waals surface area contributed by atoms with Gasteiger partial charge in [-0.25, -0.2) is 13.2 Å². The van der Waals surface area contributed by atoms with Crippen LogP contribution >= 0.6 is 0 Å². The molecule has 12 nitrogen and oxygen atoms in total. The van der Waals surface area contributed by atoms with Gasteiger partial charge in [0, 0.05) is 51.0 Å². The Bertz CT molecular complexity index is 2450. The second kappa shape index (κ2) is 14.1. The Morgan fingerprint density at radius 1 is 1.02 bits per heavy atom. The van der Waals surface area contributed by atoms with Gasteiger partial charge in [0.1, 0.15) is 12.1 Å². The van der Waals surface area contributed by atoms with Crippen molar-refractivity contribution in [2.24, 2.45) is 22.7 Å². The van der Waals surface area contributed by atoms with Gasteiger partial charge in [0.15, 0.2) is 9.84 Å². The highest BCUT2D eigenvalue weighted by molar-refractivity contribution is 7.92. The molecule has 3 saturated carbocycles. The second-order valence-electron chi connectivity index (χ2n) is 14.1. The second-order valence-corrected chi connectivity index (χ2v) is 16.8. The van der Waals surface area contributed by atoms with Crippen LogP contribution in [0.15, 0.2) is 0 Å². The molecule has 0 bridgehead atoms. The molecule has 0 spiro atoms. The summed E-state index contributed by atoms with van der Waals surface area (Å²) in [6.07, 6.45) is -34.3. The molecule has 5 amide bonds. The van der Waals surface area contributed by atoms with E-state index in [4.69, 9.17) is 38.4 Å². The van der Waals surface area contributed by atoms with Crippen LogP contribution in [0.2, 0.25) is 0 Å². The van der Waals surface area contributed by atoms with Crippen molar-refractivity contribution in [1.82, 2.24) is 26.2 Å². The Morgan fingerprint density at radius 3 is 2.24 bits per heavy atom. The summed E-state index contributed by atoms with van der Waals surface area (Å²) < 4.78 is 262. The number of carbonyl (C=O) groups is 5. The molecule has 3 aliphatic carbocycles. The molecule has 5 atom stereocenters. The zero-order chi connectivity index (χ0) is 61.1. The molecule has 0 aromatic rings. The number of rotatable bonds is 13. The van der Waals surface area contributed by atoms with E-state index in [-0.39, 0.29) is 17.7 Å². The van der Waals surface area contributed by atoms with Crippen LogP contribution in [0.4, 0.5) is 4.79 Å². The molecule has 4 rings (SSSR count). The zero-order valence-corrected chi connectivity index (χ0v) is 28.3. The maximum absolute atomic E-state index is 15.5. The highest BCUT2D eigenvalue weighted by atomic mass is 32.2. The summed E-state index contributed by atoms with van der Waals surface area (Å²) in [5.74, 6) is -12.3. The fourth-order valence-corrected chi connectivity index (χ4v) is 7.04. The van der Waals surface area contributed by atoms with Crippen molar-refractivity contribution in [3.8, 4) is 0 Å². The average Bonchev–Trinajstić information content (AvgIpc) is 4.05. The van der Waals surface area contributed by atoms with Crippen molar-refractivity contribution in [3.63, 3.8) is 0 Å². The number of hydrogen-bond donors (Lipinski definition) is 4. The number of likely N-dealkylation sites (tertiary alicyclic amines) is 1. The lowest BCUT2D eigenvalue weighted by atomic mass is 9.83. The average molecular weight is 736 g/mol. The van der Waals surface area contributed by atoms with E-state index in [1.165, 1.54) is 24.5 Å². The number of sulfone groups is 1. The molecule has 1 aliphatic heterocycles. The van der Waals surface area contributed by atoms with E-state index in [1.807, 2.05) is 0 Å². The number of ketones is 1. The van der Waals surface area contributed by atoms with Gasteiger partial charge in [-0.1, -0.05) is 73.1 Å². The number of piperidine rings is 1. The molecule has 4 fully saturated rings. The summed E-state index contributed by atoms with van der Waals surface area (Å²) >= 11 is 0. The Balaban J connectivity index is 2.06. The third-order valence-corrected chi connectivity index (χ3v) is 11.7. The van der Waals surface area contributed by atoms with E-state index in [0.29, 0.717) is 0 Å². The van der Waals surface area contributed by atoms with Crippen LogP contribution in [0.25, 0.3) is 0 Å². The molecule has 4 N–H and O–H groups in total. The van der Waals surface area contributed by atoms with Crippen molar-refractivity contribution in [2.45, 2.75) is 160 Å². The van der Waals surface area contributed by atoms with Gasteiger partial charge < -0.3 is 26.2 Å². The van der Waals surface area contributed by atoms with Gasteiger partial charge in [0.05, 0.1) is 22.1 Å². The minimum absolute atomic E-state index is 0.224. The fourth-order valence-electron chi connectivity index (χ4n) is 5.82. The first-order valence-corrected chi connectivity index (χ1v) is 16.9. The van der Waals surface area contributed by atoms with Crippen LogP contribution in [0, 0.1) is 22.7 Å². The molecule has 0 aromatic heterocycles. The molecule has 278 valence electrons. The van der Waals surface area contributed by atoms with Crippen LogP contribution < -0.4 is 21.3 Å². The highest BCUT2D eigenvalue weighted by Crippen LogP contribution is 2.65. The van der Waals surface area contributed by atoms with Crippen molar-refractivity contribution in [2.75, 3.05) is 12.3 Å². The monoisotopic (exact) mass is 736 g/mol. The van der Waals surface area contributed by atoms with Gasteiger partial charge >= 0.3 is 6.03 Å². The number of hydrogen-bond acceptors (Lipinski definition) is 7. The van der Waals surface area contributed by atoms with E-state index in [1.54, 1.807) is 5.32 Å². The summed E-state index contributed by atoms with van der Waals surface area (Å²) in [5.41, 5.74) is -10.1. The van der Waals surface area contributed by atoms with Gasteiger partial charge in [0.2, 0.25) is 17.6 Å². The smallest absolute Gasteiger partial charge is 0.315 e. The topological polar surface area (TPSA) is 171 Å². The lowest BCUT2D eigenvalue weighted by Crippen LogP contribution is -2.64. The van der Waals surface area contributed by atoms with E-state index < -0.39 is 187 Å². The standard InChI is InChI=1S/C36H61N5O7S/c1-10-11-15-24(27(42)30(44)37-22-16-17-22)38-29(43)26-25-23(35(25,8)9)20-41(26)31(45)28(33(2,3)4)39-32(46)40-36(18-13-12-14-19-36)21-49(47,48)34(5,6)7/h22-26,28H,10-21H2,1-9H3,(H,37,44)(H,38,43)(H2,39,40,46)/t23-,24-,25-,26-,28+/m0/s1/i1D3,2D3,3D3,4D3,10D2,11D2,12D2,13D2,14D2,15D2,18D2,19D2. The first kappa shape index (κ1) is 15.9. The van der Waals surface area contributed by atoms with Gasteiger partial charge in [-0.05, 0) is 75.4 Å². The van der Waals surface area contributed by atoms with Crippen LogP contribution in [0.3, 0.4) is 0 Å². The number of Topliss-reactive ketones (excluding diaryl/α,β-unsaturated/α-hetero) is 1. The van der Waals surface area contributed by atoms with E-state index >= 15 is 4.79 Å². The predicted molar refractivity (Wildman–Crippen MR) is 188 cm³/mol. The first-order valence-electron chi connectivity index (χ1n) is 29.3. The third kappa shape index (κ3) is 8.79.